The molecule has 0 radical (unpaired) electrons. The van der Waals surface area contributed by atoms with Gasteiger partial charge in [-0.1, -0.05) is 79.7 Å². The highest BCUT2D eigenvalue weighted by Gasteiger charge is 2.49. The maximum absolute atomic E-state index is 7.11. The van der Waals surface area contributed by atoms with Crippen LogP contribution in [-0.2, 0) is 17.9 Å². The first kappa shape index (κ1) is 31.6. The van der Waals surface area contributed by atoms with Crippen LogP contribution >= 0.6 is 12.0 Å². The van der Waals surface area contributed by atoms with Crippen molar-refractivity contribution < 1.29 is 22.8 Å². The van der Waals surface area contributed by atoms with E-state index < -0.39 is 16.6 Å². The predicted octanol–water partition coefficient (Wildman–Crippen LogP) is 8.61. The Bertz CT molecular complexity index is 861. The first-order valence-electron chi connectivity index (χ1n) is 13.1. The summed E-state index contributed by atoms with van der Waals surface area (Å²) in [4.78, 5) is 6.51. The van der Waals surface area contributed by atoms with E-state index in [0.29, 0.717) is 5.75 Å². The molecule has 1 aromatic rings. The SMILES string of the molecule is CO[C@@H]1C(SOOc2ccccc2)=C[C@H](C)[C@@H](O[Si](C)(C)C(C)(C)C)[C@@H](C)[C@@H]1O[Si](C)(C)C(C)(C)C. The van der Waals surface area contributed by atoms with Gasteiger partial charge in [0.2, 0.25) is 0 Å². The Kier molecular flexibility index (Phi) is 10.6. The van der Waals surface area contributed by atoms with Crippen molar-refractivity contribution in [3.05, 3.63) is 41.3 Å². The molecule has 0 bridgehead atoms. The minimum Gasteiger partial charge on any atom is -0.413 e. The van der Waals surface area contributed by atoms with Crippen LogP contribution in [0.25, 0.3) is 0 Å². The zero-order chi connectivity index (χ0) is 27.5. The fourth-order valence-electron chi connectivity index (χ4n) is 3.87. The van der Waals surface area contributed by atoms with Gasteiger partial charge in [0.25, 0.3) is 0 Å². The Hall–Kier alpha value is -0.616. The van der Waals surface area contributed by atoms with Gasteiger partial charge in [0.05, 0.1) is 24.3 Å². The van der Waals surface area contributed by atoms with Crippen LogP contribution in [0.3, 0.4) is 0 Å². The van der Waals surface area contributed by atoms with E-state index in [9.17, 15) is 0 Å². The lowest BCUT2D eigenvalue weighted by atomic mass is 9.90. The molecule has 0 N–H and O–H groups in total. The number of rotatable bonds is 9. The highest BCUT2D eigenvalue weighted by atomic mass is 32.2. The average molecular weight is 555 g/mol. The predicted molar refractivity (Wildman–Crippen MR) is 157 cm³/mol. The number of para-hydroxylation sites is 1. The molecule has 1 aliphatic carbocycles. The lowest BCUT2D eigenvalue weighted by molar-refractivity contribution is -0.0787. The van der Waals surface area contributed by atoms with Crippen molar-refractivity contribution in [1.82, 2.24) is 0 Å². The van der Waals surface area contributed by atoms with E-state index in [1.807, 2.05) is 30.3 Å². The third kappa shape index (κ3) is 7.71. The smallest absolute Gasteiger partial charge is 0.192 e. The molecule has 0 amide bonds. The topological polar surface area (TPSA) is 46.2 Å². The summed E-state index contributed by atoms with van der Waals surface area (Å²) < 4.78 is 26.0. The summed E-state index contributed by atoms with van der Waals surface area (Å²) >= 11 is 1.21. The molecule has 1 aliphatic rings. The van der Waals surface area contributed by atoms with Crippen molar-refractivity contribution >= 4 is 28.7 Å². The third-order valence-corrected chi connectivity index (χ3v) is 17.9. The molecular formula is C28H50O5SSi2. The largest absolute Gasteiger partial charge is 0.413 e. The van der Waals surface area contributed by atoms with Crippen LogP contribution in [0.2, 0.25) is 36.3 Å². The fourth-order valence-corrected chi connectivity index (χ4v) is 7.49. The Morgan fingerprint density at radius 2 is 1.28 bits per heavy atom. The van der Waals surface area contributed by atoms with Crippen LogP contribution in [0.1, 0.15) is 55.4 Å². The lowest BCUT2D eigenvalue weighted by Crippen LogP contribution is -2.54. The number of methoxy groups -OCH3 is 1. The number of ether oxygens (including phenoxy) is 1. The van der Waals surface area contributed by atoms with E-state index in [1.54, 1.807) is 7.11 Å². The summed E-state index contributed by atoms with van der Waals surface area (Å²) in [6.45, 7) is 27.4. The van der Waals surface area contributed by atoms with E-state index in [0.717, 1.165) is 4.91 Å². The monoisotopic (exact) mass is 554 g/mol. The zero-order valence-corrected chi connectivity index (χ0v) is 27.6. The molecule has 0 saturated carbocycles. The van der Waals surface area contributed by atoms with Crippen LogP contribution < -0.4 is 4.89 Å². The van der Waals surface area contributed by atoms with Crippen LogP contribution in [0.4, 0.5) is 0 Å². The Morgan fingerprint density at radius 1 is 0.778 bits per heavy atom. The molecule has 206 valence electrons. The van der Waals surface area contributed by atoms with Gasteiger partial charge < -0.3 is 18.5 Å². The van der Waals surface area contributed by atoms with Crippen molar-refractivity contribution in [1.29, 1.82) is 0 Å². The van der Waals surface area contributed by atoms with Gasteiger partial charge in [-0.2, -0.15) is 0 Å². The third-order valence-electron chi connectivity index (χ3n) is 8.29. The molecule has 0 spiro atoms. The molecule has 0 aliphatic heterocycles. The van der Waals surface area contributed by atoms with Crippen molar-refractivity contribution in [2.75, 3.05) is 7.11 Å². The first-order valence-corrected chi connectivity index (χ1v) is 19.6. The van der Waals surface area contributed by atoms with E-state index >= 15 is 0 Å². The molecular weight excluding hydrogens is 505 g/mol. The second kappa shape index (κ2) is 12.1. The number of benzene rings is 1. The number of hydrogen-bond donors (Lipinski definition) is 0. The van der Waals surface area contributed by atoms with E-state index in [2.05, 4.69) is 87.7 Å². The van der Waals surface area contributed by atoms with Gasteiger partial charge >= 0.3 is 0 Å². The summed E-state index contributed by atoms with van der Waals surface area (Å²) in [6, 6.07) is 9.52. The molecule has 0 aromatic heterocycles. The van der Waals surface area contributed by atoms with E-state index in [-0.39, 0.29) is 40.2 Å². The first-order chi connectivity index (χ1) is 16.4. The molecule has 5 atom stereocenters. The van der Waals surface area contributed by atoms with Gasteiger partial charge in [0.1, 0.15) is 6.10 Å². The van der Waals surface area contributed by atoms with Crippen molar-refractivity contribution in [3.63, 3.8) is 0 Å². The van der Waals surface area contributed by atoms with Crippen LogP contribution in [0, 0.1) is 11.8 Å². The molecule has 0 unspecified atom stereocenters. The van der Waals surface area contributed by atoms with Gasteiger partial charge in [-0.25, -0.2) is 0 Å². The molecule has 0 saturated heterocycles. The molecule has 5 nitrogen and oxygen atoms in total. The van der Waals surface area contributed by atoms with Crippen LogP contribution in [-0.4, -0.2) is 42.1 Å². The Morgan fingerprint density at radius 3 is 1.75 bits per heavy atom. The van der Waals surface area contributed by atoms with Crippen LogP contribution in [0.15, 0.2) is 41.3 Å². The van der Waals surface area contributed by atoms with Crippen LogP contribution in [0.5, 0.6) is 5.75 Å². The second-order valence-electron chi connectivity index (χ2n) is 13.2. The summed E-state index contributed by atoms with van der Waals surface area (Å²) in [7, 11) is -2.38. The van der Waals surface area contributed by atoms with Gasteiger partial charge in [0.15, 0.2) is 22.4 Å². The summed E-state index contributed by atoms with van der Waals surface area (Å²) in [5.41, 5.74) is 0. The highest BCUT2D eigenvalue weighted by Crippen LogP contribution is 2.46. The van der Waals surface area contributed by atoms with Crippen molar-refractivity contribution in [2.24, 2.45) is 11.8 Å². The standard InChI is InChI=1S/C28H50O5SSi2/c1-20-19-23(34-33-30-22-17-15-14-16-18-22)26(29-9)25(32-36(12,13)28(6,7)8)21(2)24(20)31-35(10,11)27(3,4)5/h14-21,24-26H,1-13H3/t20-,21+,24+,25-,26+/m0/s1. The maximum Gasteiger partial charge on any atom is 0.192 e. The maximum atomic E-state index is 7.11. The van der Waals surface area contributed by atoms with E-state index in [1.165, 1.54) is 12.0 Å². The minimum atomic E-state index is -2.11. The van der Waals surface area contributed by atoms with Gasteiger partial charge in [0, 0.05) is 23.9 Å². The van der Waals surface area contributed by atoms with Gasteiger partial charge in [-0.3, -0.25) is 0 Å². The Labute approximate surface area is 227 Å². The fraction of sp³-hybridized carbons (Fsp3) is 0.714. The molecule has 36 heavy (non-hydrogen) atoms. The van der Waals surface area contributed by atoms with Gasteiger partial charge in [-0.15, -0.1) is 4.33 Å². The molecule has 0 heterocycles. The number of hydrogen-bond acceptors (Lipinski definition) is 6. The summed E-state index contributed by atoms with van der Waals surface area (Å²) in [5, 5.41) is 0.186. The quantitative estimate of drug-likeness (QED) is 0.132. The minimum absolute atomic E-state index is 0.00597. The van der Waals surface area contributed by atoms with Crippen molar-refractivity contribution in [3.8, 4) is 5.75 Å². The zero-order valence-electron chi connectivity index (χ0n) is 24.8. The highest BCUT2D eigenvalue weighted by molar-refractivity contribution is 7.98. The summed E-state index contributed by atoms with van der Waals surface area (Å²) in [5.74, 6) is 0.933. The normalized spacial score (nSPS) is 26.4. The Balaban J connectivity index is 2.44. The lowest BCUT2D eigenvalue weighted by Gasteiger charge is -2.46. The van der Waals surface area contributed by atoms with Gasteiger partial charge in [-0.05, 0) is 48.4 Å². The molecule has 0 fully saturated rings. The van der Waals surface area contributed by atoms with Crippen molar-refractivity contribution in [2.45, 2.75) is 110 Å². The molecule has 8 heteroatoms. The second-order valence-corrected chi connectivity index (χ2v) is 23.5. The van der Waals surface area contributed by atoms with E-state index in [4.69, 9.17) is 22.8 Å². The molecule has 2 rings (SSSR count). The molecule has 1 aromatic carbocycles. The summed E-state index contributed by atoms with van der Waals surface area (Å²) in [6.07, 6.45) is 1.78. The average Bonchev–Trinajstić information content (AvgIpc) is 2.83.